The van der Waals surface area contributed by atoms with E-state index in [0.717, 1.165) is 17.5 Å². The van der Waals surface area contributed by atoms with Crippen LogP contribution in [0.4, 0.5) is 5.13 Å². The summed E-state index contributed by atoms with van der Waals surface area (Å²) in [5.74, 6) is 2.42. The van der Waals surface area contributed by atoms with Gasteiger partial charge < -0.3 is 4.90 Å². The van der Waals surface area contributed by atoms with Crippen molar-refractivity contribution in [2.75, 3.05) is 11.4 Å². The van der Waals surface area contributed by atoms with Crippen molar-refractivity contribution >= 4 is 16.7 Å². The van der Waals surface area contributed by atoms with Crippen LogP contribution in [0.25, 0.3) is 0 Å². The van der Waals surface area contributed by atoms with E-state index in [2.05, 4.69) is 46.5 Å². The van der Waals surface area contributed by atoms with Crippen LogP contribution in [0.15, 0.2) is 30.3 Å². The number of rotatable bonds is 3. The maximum atomic E-state index is 4.74. The summed E-state index contributed by atoms with van der Waals surface area (Å²) >= 11 is 1.57. The second kappa shape index (κ2) is 4.30. The molecule has 2 fully saturated rings. The molecule has 0 amide bonds. The van der Waals surface area contributed by atoms with Crippen molar-refractivity contribution < 1.29 is 0 Å². The molecule has 3 nitrogen and oxygen atoms in total. The molecule has 2 aromatic rings. The van der Waals surface area contributed by atoms with Gasteiger partial charge in [0.15, 0.2) is 0 Å². The molecule has 4 heteroatoms. The van der Waals surface area contributed by atoms with Gasteiger partial charge in [-0.05, 0) is 24.3 Å². The number of nitrogens with zero attached hydrogens (tertiary/aromatic N) is 3. The summed E-state index contributed by atoms with van der Waals surface area (Å²) in [5.41, 5.74) is 1.39. The summed E-state index contributed by atoms with van der Waals surface area (Å²) in [6.07, 6.45) is 2.55. The Morgan fingerprint density at radius 3 is 2.68 bits per heavy atom. The topological polar surface area (TPSA) is 29.0 Å². The third-order valence-corrected chi connectivity index (χ3v) is 4.89. The molecular weight excluding hydrogens is 254 g/mol. The Morgan fingerprint density at radius 2 is 2.00 bits per heavy atom. The summed E-state index contributed by atoms with van der Waals surface area (Å²) in [7, 11) is 0. The van der Waals surface area contributed by atoms with Gasteiger partial charge in [0.2, 0.25) is 5.13 Å². The smallest absolute Gasteiger partial charge is 0.205 e. The Kier molecular flexibility index (Phi) is 2.58. The van der Waals surface area contributed by atoms with Gasteiger partial charge in [-0.2, -0.15) is 4.37 Å². The van der Waals surface area contributed by atoms with Gasteiger partial charge in [-0.25, -0.2) is 4.98 Å². The predicted molar refractivity (Wildman–Crippen MR) is 77.6 cm³/mol. The SMILES string of the molecule is CC1CN(c2nc(C3CC3)ns2)C1c1ccccc1. The van der Waals surface area contributed by atoms with E-state index >= 15 is 0 Å². The zero-order valence-corrected chi connectivity index (χ0v) is 11.8. The van der Waals surface area contributed by atoms with E-state index in [9.17, 15) is 0 Å². The molecule has 2 aliphatic rings. The minimum Gasteiger partial charge on any atom is -0.339 e. The first-order valence-corrected chi connectivity index (χ1v) is 7.75. The zero-order valence-electron chi connectivity index (χ0n) is 11.0. The van der Waals surface area contributed by atoms with Crippen LogP contribution < -0.4 is 4.90 Å². The van der Waals surface area contributed by atoms with Gasteiger partial charge in [0.05, 0.1) is 6.04 Å². The normalized spacial score (nSPS) is 26.3. The minimum absolute atomic E-state index is 0.473. The van der Waals surface area contributed by atoms with Gasteiger partial charge >= 0.3 is 0 Å². The average molecular weight is 271 g/mol. The first-order valence-electron chi connectivity index (χ1n) is 6.98. The molecule has 1 saturated carbocycles. The van der Waals surface area contributed by atoms with Gasteiger partial charge in [-0.1, -0.05) is 37.3 Å². The van der Waals surface area contributed by atoms with Crippen LogP contribution >= 0.6 is 11.5 Å². The fourth-order valence-electron chi connectivity index (χ4n) is 2.90. The van der Waals surface area contributed by atoms with Gasteiger partial charge in [0.25, 0.3) is 0 Å². The van der Waals surface area contributed by atoms with Gasteiger partial charge in [-0.15, -0.1) is 0 Å². The molecule has 4 rings (SSSR count). The minimum atomic E-state index is 0.473. The molecule has 0 spiro atoms. The van der Waals surface area contributed by atoms with Crippen molar-refractivity contribution in [1.29, 1.82) is 0 Å². The molecule has 1 aliphatic heterocycles. The van der Waals surface area contributed by atoms with E-state index in [1.54, 1.807) is 11.5 Å². The standard InChI is InChI=1S/C15H17N3S/c1-10-9-18(13(10)11-5-3-2-4-6-11)15-16-14(17-19-15)12-7-8-12/h2-6,10,12-13H,7-9H2,1H3. The van der Waals surface area contributed by atoms with Crippen LogP contribution in [0.3, 0.4) is 0 Å². The van der Waals surface area contributed by atoms with Crippen molar-refractivity contribution in [3.63, 3.8) is 0 Å². The fraction of sp³-hybridized carbons (Fsp3) is 0.467. The molecule has 1 aromatic heterocycles. The summed E-state index contributed by atoms with van der Waals surface area (Å²) in [6, 6.07) is 11.2. The molecule has 1 aliphatic carbocycles. The molecule has 0 radical (unpaired) electrons. The van der Waals surface area contributed by atoms with Crippen LogP contribution in [0, 0.1) is 5.92 Å². The van der Waals surface area contributed by atoms with Crippen LogP contribution in [-0.2, 0) is 0 Å². The lowest BCUT2D eigenvalue weighted by Crippen LogP contribution is -2.48. The molecule has 0 bridgehead atoms. The van der Waals surface area contributed by atoms with Crippen molar-refractivity contribution in [2.45, 2.75) is 31.7 Å². The Morgan fingerprint density at radius 1 is 1.21 bits per heavy atom. The predicted octanol–water partition coefficient (Wildman–Crippen LogP) is 3.61. The lowest BCUT2D eigenvalue weighted by molar-refractivity contribution is 0.324. The molecule has 2 unspecified atom stereocenters. The summed E-state index contributed by atoms with van der Waals surface area (Å²) in [4.78, 5) is 7.14. The zero-order chi connectivity index (χ0) is 12.8. The van der Waals surface area contributed by atoms with Crippen molar-refractivity contribution in [3.05, 3.63) is 41.7 Å². The van der Waals surface area contributed by atoms with Gasteiger partial charge in [-0.3, -0.25) is 0 Å². The number of aromatic nitrogens is 2. The molecule has 1 aromatic carbocycles. The van der Waals surface area contributed by atoms with Crippen molar-refractivity contribution in [3.8, 4) is 0 Å². The van der Waals surface area contributed by atoms with Gasteiger partial charge in [0, 0.05) is 24.0 Å². The van der Waals surface area contributed by atoms with Crippen molar-refractivity contribution in [1.82, 2.24) is 9.36 Å². The second-order valence-corrected chi connectivity index (χ2v) is 6.42. The van der Waals surface area contributed by atoms with Crippen LogP contribution in [-0.4, -0.2) is 15.9 Å². The van der Waals surface area contributed by atoms with E-state index in [0.29, 0.717) is 17.9 Å². The first kappa shape index (κ1) is 11.4. The molecule has 2 heterocycles. The summed E-state index contributed by atoms with van der Waals surface area (Å²) in [6.45, 7) is 3.41. The highest BCUT2D eigenvalue weighted by Crippen LogP contribution is 2.45. The molecule has 1 saturated heterocycles. The largest absolute Gasteiger partial charge is 0.339 e. The third kappa shape index (κ3) is 1.94. The molecule has 19 heavy (non-hydrogen) atoms. The molecule has 0 N–H and O–H groups in total. The Hall–Kier alpha value is -1.42. The highest BCUT2D eigenvalue weighted by Gasteiger charge is 2.39. The van der Waals surface area contributed by atoms with Crippen LogP contribution in [0.2, 0.25) is 0 Å². The highest BCUT2D eigenvalue weighted by atomic mass is 32.1. The lowest BCUT2D eigenvalue weighted by Gasteiger charge is -2.46. The lowest BCUT2D eigenvalue weighted by atomic mass is 9.85. The second-order valence-electron chi connectivity index (χ2n) is 5.69. The molecule has 98 valence electrons. The monoisotopic (exact) mass is 271 g/mol. The van der Waals surface area contributed by atoms with Crippen LogP contribution in [0.5, 0.6) is 0 Å². The Balaban J connectivity index is 1.60. The molecule has 2 atom stereocenters. The van der Waals surface area contributed by atoms with E-state index in [1.165, 1.54) is 18.4 Å². The van der Waals surface area contributed by atoms with E-state index < -0.39 is 0 Å². The maximum absolute atomic E-state index is 4.74. The summed E-state index contributed by atoms with van der Waals surface area (Å²) < 4.78 is 4.52. The highest BCUT2D eigenvalue weighted by molar-refractivity contribution is 7.09. The summed E-state index contributed by atoms with van der Waals surface area (Å²) in [5, 5.41) is 1.11. The maximum Gasteiger partial charge on any atom is 0.205 e. The number of anilines is 1. The number of hydrogen-bond donors (Lipinski definition) is 0. The third-order valence-electron chi connectivity index (χ3n) is 4.12. The Bertz CT molecular complexity index is 576. The van der Waals surface area contributed by atoms with Gasteiger partial charge in [0.1, 0.15) is 5.82 Å². The quantitative estimate of drug-likeness (QED) is 0.854. The number of hydrogen-bond acceptors (Lipinski definition) is 4. The average Bonchev–Trinajstić information content (AvgIpc) is 3.16. The Labute approximate surface area is 117 Å². The van der Waals surface area contributed by atoms with E-state index in [-0.39, 0.29) is 0 Å². The van der Waals surface area contributed by atoms with E-state index in [1.807, 2.05) is 0 Å². The first-order chi connectivity index (χ1) is 9.33. The van der Waals surface area contributed by atoms with Crippen molar-refractivity contribution in [2.24, 2.45) is 5.92 Å². The van der Waals surface area contributed by atoms with E-state index in [4.69, 9.17) is 4.98 Å². The van der Waals surface area contributed by atoms with Crippen LogP contribution in [0.1, 0.15) is 43.1 Å². The molecular formula is C15H17N3S. The fourth-order valence-corrected chi connectivity index (χ4v) is 3.69. The number of benzene rings is 1.